The number of hydrogen-bond donors (Lipinski definition) is 2. The zero-order valence-electron chi connectivity index (χ0n) is 13.1. The smallest absolute Gasteiger partial charge is 0.335 e. The van der Waals surface area contributed by atoms with Gasteiger partial charge in [-0.05, 0) is 36.8 Å². The van der Waals surface area contributed by atoms with Crippen molar-refractivity contribution in [1.29, 1.82) is 0 Å². The van der Waals surface area contributed by atoms with E-state index >= 15 is 0 Å². The maximum Gasteiger partial charge on any atom is 0.335 e. The molecule has 2 aromatic rings. The second-order valence-electron chi connectivity index (χ2n) is 4.99. The Morgan fingerprint density at radius 1 is 1.22 bits per heavy atom. The zero-order valence-corrected chi connectivity index (χ0v) is 14.7. The van der Waals surface area contributed by atoms with Crippen LogP contribution in [0.15, 0.2) is 34.8 Å². The fourth-order valence-electron chi connectivity index (χ4n) is 2.27. The van der Waals surface area contributed by atoms with E-state index in [1.807, 2.05) is 19.1 Å². The number of carboxylic acid groups (broad SMARTS) is 1. The molecule has 0 spiro atoms. The Labute approximate surface area is 143 Å². The van der Waals surface area contributed by atoms with Gasteiger partial charge in [-0.25, -0.2) is 4.79 Å². The van der Waals surface area contributed by atoms with Gasteiger partial charge in [0.2, 0.25) is 0 Å². The van der Waals surface area contributed by atoms with E-state index in [2.05, 4.69) is 21.2 Å². The van der Waals surface area contributed by atoms with Gasteiger partial charge in [0, 0.05) is 22.3 Å². The highest BCUT2D eigenvalue weighted by Gasteiger charge is 2.12. The Morgan fingerprint density at radius 3 is 2.57 bits per heavy atom. The lowest BCUT2D eigenvalue weighted by Crippen LogP contribution is -2.06. The maximum atomic E-state index is 11.1. The number of carboxylic acids is 1. The predicted octanol–water partition coefficient (Wildman–Crippen LogP) is 4.09. The number of ether oxygens (including phenoxy) is 2. The van der Waals surface area contributed by atoms with E-state index in [0.29, 0.717) is 18.0 Å². The molecule has 0 bridgehead atoms. The first-order valence-electron chi connectivity index (χ1n) is 6.94. The van der Waals surface area contributed by atoms with E-state index in [1.165, 1.54) is 0 Å². The minimum absolute atomic E-state index is 0.247. The molecule has 5 nitrogen and oxygen atoms in total. The Kier molecular flexibility index (Phi) is 5.50. The fraction of sp³-hybridized carbons (Fsp3) is 0.235. The summed E-state index contributed by atoms with van der Waals surface area (Å²) < 4.78 is 11.6. The largest absolute Gasteiger partial charge is 0.493 e. The van der Waals surface area contributed by atoms with Crippen molar-refractivity contribution >= 4 is 27.6 Å². The molecule has 0 unspecified atom stereocenters. The molecule has 0 saturated carbocycles. The van der Waals surface area contributed by atoms with Crippen molar-refractivity contribution < 1.29 is 19.4 Å². The van der Waals surface area contributed by atoms with E-state index < -0.39 is 5.97 Å². The minimum Gasteiger partial charge on any atom is -0.493 e. The number of hydrogen-bond acceptors (Lipinski definition) is 4. The fourth-order valence-corrected chi connectivity index (χ4v) is 2.76. The SMILES string of the molecule is COc1cc(Br)cc(CNc2cc(C(=O)O)ccc2C)c1OC. The Balaban J connectivity index is 2.29. The third kappa shape index (κ3) is 3.96. The molecule has 2 N–H and O–H groups in total. The molecule has 0 radical (unpaired) electrons. The standard InChI is InChI=1S/C17H18BrNO4/c1-10-4-5-11(17(20)21)7-14(10)19-9-12-6-13(18)8-15(22-2)16(12)23-3/h4-8,19H,9H2,1-3H3,(H,20,21). The summed E-state index contributed by atoms with van der Waals surface area (Å²) in [7, 11) is 3.17. The molecule has 0 aliphatic heterocycles. The first-order chi connectivity index (χ1) is 11.0. The Morgan fingerprint density at radius 2 is 1.96 bits per heavy atom. The molecule has 0 fully saturated rings. The minimum atomic E-state index is -0.949. The van der Waals surface area contributed by atoms with Crippen LogP contribution in [-0.2, 0) is 6.54 Å². The first-order valence-corrected chi connectivity index (χ1v) is 7.73. The van der Waals surface area contributed by atoms with Crippen LogP contribution < -0.4 is 14.8 Å². The number of nitrogens with one attached hydrogen (secondary N) is 1. The quantitative estimate of drug-likeness (QED) is 0.790. The molecule has 2 aromatic carbocycles. The van der Waals surface area contributed by atoms with Crippen LogP contribution in [-0.4, -0.2) is 25.3 Å². The molecule has 23 heavy (non-hydrogen) atoms. The number of methoxy groups -OCH3 is 2. The lowest BCUT2D eigenvalue weighted by Gasteiger charge is -2.16. The lowest BCUT2D eigenvalue weighted by atomic mass is 10.1. The van der Waals surface area contributed by atoms with E-state index in [1.54, 1.807) is 32.4 Å². The molecule has 6 heteroatoms. The van der Waals surface area contributed by atoms with Crippen LogP contribution in [0.5, 0.6) is 11.5 Å². The zero-order chi connectivity index (χ0) is 17.0. The number of halogens is 1. The average Bonchev–Trinajstić information content (AvgIpc) is 2.53. The van der Waals surface area contributed by atoms with Crippen molar-refractivity contribution in [1.82, 2.24) is 0 Å². The summed E-state index contributed by atoms with van der Waals surface area (Å²) in [5.74, 6) is 0.333. The molecule has 0 atom stereocenters. The molecule has 0 amide bonds. The van der Waals surface area contributed by atoms with Crippen molar-refractivity contribution in [2.75, 3.05) is 19.5 Å². The number of benzene rings is 2. The van der Waals surface area contributed by atoms with Crippen LogP contribution in [0.25, 0.3) is 0 Å². The first kappa shape index (κ1) is 17.1. The maximum absolute atomic E-state index is 11.1. The van der Waals surface area contributed by atoms with E-state index in [0.717, 1.165) is 21.3 Å². The highest BCUT2D eigenvalue weighted by atomic mass is 79.9. The molecule has 0 aliphatic carbocycles. The number of aryl methyl sites for hydroxylation is 1. The third-order valence-electron chi connectivity index (χ3n) is 3.47. The van der Waals surface area contributed by atoms with Crippen LogP contribution >= 0.6 is 15.9 Å². The topological polar surface area (TPSA) is 67.8 Å². The van der Waals surface area contributed by atoms with Crippen LogP contribution in [0.3, 0.4) is 0 Å². The summed E-state index contributed by atoms with van der Waals surface area (Å²) in [5, 5.41) is 12.4. The molecule has 122 valence electrons. The van der Waals surface area contributed by atoms with Gasteiger partial charge in [-0.3, -0.25) is 0 Å². The van der Waals surface area contributed by atoms with Gasteiger partial charge >= 0.3 is 5.97 Å². The number of rotatable bonds is 6. The van der Waals surface area contributed by atoms with Gasteiger partial charge in [0.1, 0.15) is 0 Å². The van der Waals surface area contributed by atoms with Gasteiger partial charge in [-0.15, -0.1) is 0 Å². The summed E-state index contributed by atoms with van der Waals surface area (Å²) in [5.41, 5.74) is 2.89. The van der Waals surface area contributed by atoms with Gasteiger partial charge in [-0.2, -0.15) is 0 Å². The van der Waals surface area contributed by atoms with E-state index in [-0.39, 0.29) is 5.56 Å². The highest BCUT2D eigenvalue weighted by Crippen LogP contribution is 2.35. The predicted molar refractivity (Wildman–Crippen MR) is 92.7 cm³/mol. The van der Waals surface area contributed by atoms with Crippen molar-refractivity contribution in [3.63, 3.8) is 0 Å². The average molecular weight is 380 g/mol. The van der Waals surface area contributed by atoms with Gasteiger partial charge in [0.25, 0.3) is 0 Å². The molecule has 0 aliphatic rings. The van der Waals surface area contributed by atoms with Gasteiger partial charge in [-0.1, -0.05) is 22.0 Å². The monoisotopic (exact) mass is 379 g/mol. The van der Waals surface area contributed by atoms with Gasteiger partial charge in [0.15, 0.2) is 11.5 Å². The van der Waals surface area contributed by atoms with Crippen molar-refractivity contribution in [2.24, 2.45) is 0 Å². The normalized spacial score (nSPS) is 10.3. The molecule has 0 heterocycles. The molecular formula is C17H18BrNO4. The summed E-state index contributed by atoms with van der Waals surface area (Å²) in [6.45, 7) is 2.40. The van der Waals surface area contributed by atoms with E-state index in [9.17, 15) is 4.79 Å². The summed E-state index contributed by atoms with van der Waals surface area (Å²) in [6.07, 6.45) is 0. The van der Waals surface area contributed by atoms with Gasteiger partial charge < -0.3 is 19.9 Å². The number of anilines is 1. The molecule has 0 aromatic heterocycles. The summed E-state index contributed by atoms with van der Waals surface area (Å²) in [6, 6.07) is 8.76. The Hall–Kier alpha value is -2.21. The van der Waals surface area contributed by atoms with E-state index in [4.69, 9.17) is 14.6 Å². The molecular weight excluding hydrogens is 362 g/mol. The summed E-state index contributed by atoms with van der Waals surface area (Å²) >= 11 is 3.45. The number of carbonyl (C=O) groups is 1. The molecule has 0 saturated heterocycles. The van der Waals surface area contributed by atoms with Crippen molar-refractivity contribution in [3.05, 3.63) is 51.5 Å². The van der Waals surface area contributed by atoms with Gasteiger partial charge in [0.05, 0.1) is 19.8 Å². The van der Waals surface area contributed by atoms with Crippen LogP contribution in [0, 0.1) is 6.92 Å². The highest BCUT2D eigenvalue weighted by molar-refractivity contribution is 9.10. The van der Waals surface area contributed by atoms with Crippen molar-refractivity contribution in [3.8, 4) is 11.5 Å². The summed E-state index contributed by atoms with van der Waals surface area (Å²) in [4.78, 5) is 11.1. The number of aromatic carboxylic acids is 1. The van der Waals surface area contributed by atoms with Crippen LogP contribution in [0.2, 0.25) is 0 Å². The van der Waals surface area contributed by atoms with Crippen LogP contribution in [0.1, 0.15) is 21.5 Å². The second kappa shape index (κ2) is 7.37. The van der Waals surface area contributed by atoms with Crippen LogP contribution in [0.4, 0.5) is 5.69 Å². The second-order valence-corrected chi connectivity index (χ2v) is 5.90. The van der Waals surface area contributed by atoms with Crippen molar-refractivity contribution in [2.45, 2.75) is 13.5 Å². The molecule has 2 rings (SSSR count). The Bertz CT molecular complexity index is 731. The lowest BCUT2D eigenvalue weighted by molar-refractivity contribution is 0.0697. The third-order valence-corrected chi connectivity index (χ3v) is 3.93.